The van der Waals surface area contributed by atoms with Gasteiger partial charge in [-0.15, -0.1) is 0 Å². The average molecular weight is 436 g/mol. The van der Waals surface area contributed by atoms with E-state index in [2.05, 4.69) is 5.32 Å². The van der Waals surface area contributed by atoms with E-state index in [0.717, 1.165) is 17.9 Å². The van der Waals surface area contributed by atoms with Crippen molar-refractivity contribution in [3.8, 4) is 17.2 Å². The van der Waals surface area contributed by atoms with Gasteiger partial charge in [0.2, 0.25) is 0 Å². The normalized spacial score (nSPS) is 10.8. The number of nitrogens with one attached hydrogen (secondary N) is 1. The van der Waals surface area contributed by atoms with Crippen molar-refractivity contribution in [2.24, 2.45) is 0 Å². The summed E-state index contributed by atoms with van der Waals surface area (Å²) in [5.41, 5.74) is 2.15. The van der Waals surface area contributed by atoms with E-state index in [1.807, 2.05) is 67.3 Å². The van der Waals surface area contributed by atoms with Gasteiger partial charge in [0.15, 0.2) is 0 Å². The molecule has 0 aliphatic heterocycles. The fraction of sp³-hybridized carbons (Fsp3) is 0.269. The maximum Gasteiger partial charge on any atom is 0.255 e. The average Bonchev–Trinajstić information content (AvgIpc) is 2.81. The number of para-hydroxylation sites is 1. The second-order valence-electron chi connectivity index (χ2n) is 7.35. The summed E-state index contributed by atoms with van der Waals surface area (Å²) < 4.78 is 24.2. The summed E-state index contributed by atoms with van der Waals surface area (Å²) in [4.78, 5) is 14.7. The standard InChI is InChI=1S/C26H29FN2O3/c1-3-29(16-15-27)17-18-31-25-19-22(12-9-20(25)2)28-26(30)21-10-13-24(14-11-21)32-23-7-5-4-6-8-23/h4-14,19H,3,15-18H2,1-2H3,(H,28,30)/i27-1. The van der Waals surface area contributed by atoms with Crippen LogP contribution in [0.1, 0.15) is 22.8 Å². The molecule has 32 heavy (non-hydrogen) atoms. The Kier molecular flexibility index (Phi) is 8.63. The lowest BCUT2D eigenvalue weighted by Crippen LogP contribution is -2.30. The Balaban J connectivity index is 1.58. The van der Waals surface area contributed by atoms with Crippen LogP contribution in [0.3, 0.4) is 0 Å². The summed E-state index contributed by atoms with van der Waals surface area (Å²) in [6, 6.07) is 22.0. The molecular formula is C26H29FN2O3. The molecule has 0 unspecified atom stereocenters. The molecule has 0 saturated carbocycles. The summed E-state index contributed by atoms with van der Waals surface area (Å²) >= 11 is 0. The molecule has 3 aromatic carbocycles. The fourth-order valence-corrected chi connectivity index (χ4v) is 3.17. The number of ether oxygens (including phenoxy) is 2. The van der Waals surface area contributed by atoms with Crippen molar-refractivity contribution < 1.29 is 18.7 Å². The summed E-state index contributed by atoms with van der Waals surface area (Å²) in [6.07, 6.45) is 0. The topological polar surface area (TPSA) is 50.8 Å². The molecule has 6 heteroatoms. The van der Waals surface area contributed by atoms with E-state index in [9.17, 15) is 9.18 Å². The maximum atomic E-state index is 12.7. The number of carbonyl (C=O) groups is 1. The van der Waals surface area contributed by atoms with Gasteiger partial charge in [0.25, 0.3) is 5.91 Å². The molecule has 3 aromatic rings. The van der Waals surface area contributed by atoms with Crippen LogP contribution >= 0.6 is 0 Å². The number of anilines is 1. The first-order chi connectivity index (χ1) is 15.6. The molecule has 1 amide bonds. The largest absolute Gasteiger partial charge is 0.492 e. The number of hydrogen-bond acceptors (Lipinski definition) is 4. The molecule has 0 bridgehead atoms. The van der Waals surface area contributed by atoms with Crippen molar-refractivity contribution in [2.75, 3.05) is 38.2 Å². The summed E-state index contributed by atoms with van der Waals surface area (Å²) in [5.74, 6) is 1.88. The van der Waals surface area contributed by atoms with Gasteiger partial charge in [-0.1, -0.05) is 31.2 Å². The van der Waals surface area contributed by atoms with Crippen molar-refractivity contribution in [2.45, 2.75) is 13.8 Å². The zero-order valence-electron chi connectivity index (χ0n) is 18.5. The first-order valence-corrected chi connectivity index (χ1v) is 10.7. The van der Waals surface area contributed by atoms with Gasteiger partial charge in [0.1, 0.15) is 30.5 Å². The Bertz CT molecular complexity index is 994. The fourth-order valence-electron chi connectivity index (χ4n) is 3.17. The zero-order valence-corrected chi connectivity index (χ0v) is 18.5. The van der Waals surface area contributed by atoms with Gasteiger partial charge in [-0.25, -0.2) is 4.39 Å². The highest BCUT2D eigenvalue weighted by Gasteiger charge is 2.09. The monoisotopic (exact) mass is 435 g/mol. The Morgan fingerprint density at radius 3 is 2.38 bits per heavy atom. The van der Waals surface area contributed by atoms with Gasteiger partial charge in [0, 0.05) is 30.4 Å². The van der Waals surface area contributed by atoms with E-state index >= 15 is 0 Å². The predicted octanol–water partition coefficient (Wildman–Crippen LogP) is 5.71. The van der Waals surface area contributed by atoms with Crippen LogP contribution in [0.15, 0.2) is 72.8 Å². The van der Waals surface area contributed by atoms with E-state index in [0.29, 0.717) is 42.4 Å². The first kappa shape index (κ1) is 23.3. The molecule has 1 N–H and O–H groups in total. The highest BCUT2D eigenvalue weighted by atomic mass is 18.2. The minimum absolute atomic E-state index is 0.217. The molecule has 3 rings (SSSR count). The molecule has 0 spiro atoms. The molecule has 0 atom stereocenters. The quantitative estimate of drug-likeness (QED) is 0.419. The molecule has 5 nitrogen and oxygen atoms in total. The minimum Gasteiger partial charge on any atom is -0.492 e. The number of halogens is 1. The van der Waals surface area contributed by atoms with Crippen molar-refractivity contribution in [1.82, 2.24) is 4.90 Å². The number of benzene rings is 3. The van der Waals surface area contributed by atoms with Crippen molar-refractivity contribution in [3.63, 3.8) is 0 Å². The van der Waals surface area contributed by atoms with E-state index in [1.165, 1.54) is 0 Å². The van der Waals surface area contributed by atoms with E-state index in [-0.39, 0.29) is 12.6 Å². The van der Waals surface area contributed by atoms with Gasteiger partial charge in [-0.3, -0.25) is 9.69 Å². The number of rotatable bonds is 11. The SMILES string of the molecule is CCN(CC[18F])CCOc1cc(NC(=O)c2ccc(Oc3ccccc3)cc2)ccc1C. The van der Waals surface area contributed by atoms with E-state index in [4.69, 9.17) is 9.47 Å². The predicted molar refractivity (Wildman–Crippen MR) is 126 cm³/mol. The van der Waals surface area contributed by atoms with Crippen LogP contribution in [-0.4, -0.2) is 43.7 Å². The molecule has 0 heterocycles. The third-order valence-corrected chi connectivity index (χ3v) is 5.05. The van der Waals surface area contributed by atoms with Crippen LogP contribution in [0.4, 0.5) is 10.1 Å². The van der Waals surface area contributed by atoms with Crippen molar-refractivity contribution in [1.29, 1.82) is 0 Å². The first-order valence-electron chi connectivity index (χ1n) is 10.7. The lowest BCUT2D eigenvalue weighted by Gasteiger charge is -2.19. The van der Waals surface area contributed by atoms with Crippen LogP contribution < -0.4 is 14.8 Å². The lowest BCUT2D eigenvalue weighted by molar-refractivity contribution is 0.102. The summed E-state index contributed by atoms with van der Waals surface area (Å²) in [6.45, 7) is 5.86. The molecule has 0 radical (unpaired) electrons. The van der Waals surface area contributed by atoms with Gasteiger partial charge < -0.3 is 14.8 Å². The number of carbonyl (C=O) groups excluding carboxylic acids is 1. The van der Waals surface area contributed by atoms with Crippen LogP contribution in [0, 0.1) is 6.92 Å². The smallest absolute Gasteiger partial charge is 0.255 e. The molecule has 0 fully saturated rings. The van der Waals surface area contributed by atoms with E-state index in [1.54, 1.807) is 24.3 Å². The number of nitrogens with zero attached hydrogens (tertiary/aromatic N) is 1. The number of alkyl halides is 1. The molecular weight excluding hydrogens is 406 g/mol. The zero-order chi connectivity index (χ0) is 22.8. The third kappa shape index (κ3) is 6.82. The van der Waals surface area contributed by atoms with Gasteiger partial charge in [0.05, 0.1) is 0 Å². The van der Waals surface area contributed by atoms with Crippen LogP contribution in [-0.2, 0) is 0 Å². The number of aryl methyl sites for hydroxylation is 1. The van der Waals surface area contributed by atoms with E-state index < -0.39 is 0 Å². The second-order valence-corrected chi connectivity index (χ2v) is 7.35. The van der Waals surface area contributed by atoms with Crippen molar-refractivity contribution >= 4 is 11.6 Å². The second kappa shape index (κ2) is 11.9. The molecule has 0 saturated heterocycles. The van der Waals surface area contributed by atoms with Crippen LogP contribution in [0.5, 0.6) is 17.2 Å². The van der Waals surface area contributed by atoms with Crippen LogP contribution in [0.25, 0.3) is 0 Å². The highest BCUT2D eigenvalue weighted by Crippen LogP contribution is 2.24. The molecule has 0 aliphatic rings. The Hall–Kier alpha value is -3.38. The molecule has 0 aliphatic carbocycles. The van der Waals surface area contributed by atoms with Gasteiger partial charge in [-0.2, -0.15) is 0 Å². The number of amides is 1. The summed E-state index contributed by atoms with van der Waals surface area (Å²) in [5, 5.41) is 2.91. The molecule has 0 aromatic heterocycles. The number of likely N-dealkylation sites (N-methyl/N-ethyl adjacent to an activating group) is 1. The Morgan fingerprint density at radius 1 is 0.969 bits per heavy atom. The third-order valence-electron chi connectivity index (χ3n) is 5.05. The molecule has 168 valence electrons. The maximum absolute atomic E-state index is 12.7. The lowest BCUT2D eigenvalue weighted by atomic mass is 10.1. The van der Waals surface area contributed by atoms with Crippen molar-refractivity contribution in [3.05, 3.63) is 83.9 Å². The Labute approximate surface area is 188 Å². The minimum atomic E-state index is -0.367. The number of hydrogen-bond donors (Lipinski definition) is 1. The Morgan fingerprint density at radius 2 is 1.69 bits per heavy atom. The van der Waals surface area contributed by atoms with Gasteiger partial charge in [-0.05, 0) is 61.5 Å². The van der Waals surface area contributed by atoms with Crippen LogP contribution in [0.2, 0.25) is 0 Å². The summed E-state index contributed by atoms with van der Waals surface area (Å²) in [7, 11) is 0. The van der Waals surface area contributed by atoms with Gasteiger partial charge >= 0.3 is 0 Å². The highest BCUT2D eigenvalue weighted by molar-refractivity contribution is 6.04.